The minimum absolute atomic E-state index is 0.00562. The van der Waals surface area contributed by atoms with E-state index >= 15 is 0 Å². The Morgan fingerprint density at radius 2 is 1.83 bits per heavy atom. The van der Waals surface area contributed by atoms with Gasteiger partial charge in [-0.3, -0.25) is 14.4 Å². The van der Waals surface area contributed by atoms with Gasteiger partial charge >= 0.3 is 5.97 Å². The maximum absolute atomic E-state index is 12.5. The van der Waals surface area contributed by atoms with Crippen molar-refractivity contribution in [2.24, 2.45) is 5.92 Å². The van der Waals surface area contributed by atoms with Crippen LogP contribution >= 0.6 is 11.6 Å². The molecule has 1 aliphatic rings. The van der Waals surface area contributed by atoms with Gasteiger partial charge in [0.25, 0.3) is 0 Å². The number of carbonyl (C=O) groups is 3. The van der Waals surface area contributed by atoms with Crippen LogP contribution in [0.25, 0.3) is 0 Å². The molecule has 2 aromatic rings. The van der Waals surface area contributed by atoms with Gasteiger partial charge in [-0.15, -0.1) is 0 Å². The van der Waals surface area contributed by atoms with Gasteiger partial charge in [0, 0.05) is 29.6 Å². The van der Waals surface area contributed by atoms with E-state index in [-0.39, 0.29) is 24.7 Å². The van der Waals surface area contributed by atoms with Gasteiger partial charge in [0.05, 0.1) is 25.8 Å². The molecule has 0 saturated carbocycles. The molecule has 1 saturated heterocycles. The highest BCUT2D eigenvalue weighted by atomic mass is 35.5. The zero-order valence-electron chi connectivity index (χ0n) is 16.0. The van der Waals surface area contributed by atoms with Crippen molar-refractivity contribution in [1.29, 1.82) is 0 Å². The van der Waals surface area contributed by atoms with Crippen molar-refractivity contribution < 1.29 is 28.6 Å². The Balaban J connectivity index is 1.64. The minimum Gasteiger partial charge on any atom is -0.497 e. The van der Waals surface area contributed by atoms with Crippen LogP contribution < -0.4 is 14.4 Å². The van der Waals surface area contributed by atoms with E-state index in [1.807, 2.05) is 0 Å². The van der Waals surface area contributed by atoms with Gasteiger partial charge in [0.15, 0.2) is 12.4 Å². The summed E-state index contributed by atoms with van der Waals surface area (Å²) in [6, 6.07) is 11.4. The van der Waals surface area contributed by atoms with E-state index in [0.29, 0.717) is 27.8 Å². The van der Waals surface area contributed by atoms with Crippen LogP contribution in [0, 0.1) is 5.92 Å². The summed E-state index contributed by atoms with van der Waals surface area (Å²) in [6.07, 6.45) is -0.00562. The second-order valence-corrected chi connectivity index (χ2v) is 6.92. The van der Waals surface area contributed by atoms with Crippen molar-refractivity contribution in [1.82, 2.24) is 0 Å². The van der Waals surface area contributed by atoms with Crippen molar-refractivity contribution in [3.63, 3.8) is 0 Å². The van der Waals surface area contributed by atoms with E-state index in [4.69, 9.17) is 25.8 Å². The second-order valence-electron chi connectivity index (χ2n) is 6.48. The first-order valence-electron chi connectivity index (χ1n) is 8.90. The summed E-state index contributed by atoms with van der Waals surface area (Å²) in [5, 5.41) is 0.510. The van der Waals surface area contributed by atoms with Crippen molar-refractivity contribution in [3.05, 3.63) is 53.1 Å². The summed E-state index contributed by atoms with van der Waals surface area (Å²) in [5.74, 6) is -0.783. The molecule has 2 aromatic carbocycles. The van der Waals surface area contributed by atoms with Gasteiger partial charge in [-0.1, -0.05) is 11.6 Å². The van der Waals surface area contributed by atoms with E-state index < -0.39 is 18.5 Å². The van der Waals surface area contributed by atoms with Crippen LogP contribution in [0.3, 0.4) is 0 Å². The first kappa shape index (κ1) is 20.7. The number of ketones is 1. The second kappa shape index (κ2) is 8.96. The van der Waals surface area contributed by atoms with Gasteiger partial charge in [-0.2, -0.15) is 0 Å². The van der Waals surface area contributed by atoms with Crippen LogP contribution in [0.4, 0.5) is 5.69 Å². The number of rotatable bonds is 7. The van der Waals surface area contributed by atoms with Gasteiger partial charge in [0.2, 0.25) is 5.91 Å². The van der Waals surface area contributed by atoms with Crippen LogP contribution in [0.2, 0.25) is 5.02 Å². The number of methoxy groups -OCH3 is 2. The molecule has 29 heavy (non-hydrogen) atoms. The summed E-state index contributed by atoms with van der Waals surface area (Å²) in [4.78, 5) is 38.5. The molecule has 0 bridgehead atoms. The molecule has 8 heteroatoms. The Bertz CT molecular complexity index is 927. The fraction of sp³-hybridized carbons (Fsp3) is 0.286. The Hall–Kier alpha value is -3.06. The number of nitrogens with zero attached hydrogens (tertiary/aromatic N) is 1. The Kier molecular flexibility index (Phi) is 6.39. The summed E-state index contributed by atoms with van der Waals surface area (Å²) >= 11 is 5.80. The average molecular weight is 418 g/mol. The highest BCUT2D eigenvalue weighted by molar-refractivity contribution is 6.30. The number of anilines is 1. The highest BCUT2D eigenvalue weighted by Gasteiger charge is 2.37. The smallest absolute Gasteiger partial charge is 0.311 e. The van der Waals surface area contributed by atoms with E-state index in [9.17, 15) is 14.4 Å². The van der Waals surface area contributed by atoms with E-state index in [1.165, 1.54) is 19.1 Å². The molecule has 0 aromatic heterocycles. The molecular weight excluding hydrogens is 398 g/mol. The fourth-order valence-corrected chi connectivity index (χ4v) is 3.21. The molecule has 0 aliphatic carbocycles. The number of amides is 1. The monoisotopic (exact) mass is 417 g/mol. The largest absolute Gasteiger partial charge is 0.497 e. The maximum atomic E-state index is 12.5. The average Bonchev–Trinajstić information content (AvgIpc) is 3.13. The third-order valence-electron chi connectivity index (χ3n) is 4.65. The minimum atomic E-state index is -0.670. The van der Waals surface area contributed by atoms with E-state index in [0.717, 1.165) is 0 Å². The molecule has 1 fully saturated rings. The number of Topliss-reactive ketones (excluding diaryl/α,β-unsaturated/α-hetero) is 1. The molecule has 0 spiro atoms. The van der Waals surface area contributed by atoms with Crippen molar-refractivity contribution in [2.75, 3.05) is 32.3 Å². The summed E-state index contributed by atoms with van der Waals surface area (Å²) in [5.41, 5.74) is 0.914. The maximum Gasteiger partial charge on any atom is 0.311 e. The van der Waals surface area contributed by atoms with Gasteiger partial charge in [-0.05, 0) is 36.4 Å². The zero-order valence-corrected chi connectivity index (χ0v) is 16.8. The summed E-state index contributed by atoms with van der Waals surface area (Å²) in [7, 11) is 3.02. The van der Waals surface area contributed by atoms with Gasteiger partial charge < -0.3 is 19.1 Å². The van der Waals surface area contributed by atoms with Crippen LogP contribution in [0.15, 0.2) is 42.5 Å². The molecule has 152 valence electrons. The predicted octanol–water partition coefficient (Wildman–Crippen LogP) is 3.14. The van der Waals surface area contributed by atoms with Crippen LogP contribution in [0.1, 0.15) is 16.8 Å². The molecule has 1 aliphatic heterocycles. The standard InChI is InChI=1S/C21H20ClNO6/c1-27-16-7-8-19(28-2)17(10-16)23-11-14(9-20(23)25)21(26)29-12-18(24)13-3-5-15(22)6-4-13/h3-8,10,14H,9,11-12H2,1-2H3/t14-/m1/s1. The molecule has 3 rings (SSSR count). The topological polar surface area (TPSA) is 82.1 Å². The Morgan fingerprint density at radius 1 is 1.10 bits per heavy atom. The highest BCUT2D eigenvalue weighted by Crippen LogP contribution is 2.36. The lowest BCUT2D eigenvalue weighted by atomic mass is 10.1. The summed E-state index contributed by atoms with van der Waals surface area (Å²) in [6.45, 7) is -0.260. The number of ether oxygens (including phenoxy) is 3. The van der Waals surface area contributed by atoms with E-state index in [1.54, 1.807) is 42.5 Å². The summed E-state index contributed by atoms with van der Waals surface area (Å²) < 4.78 is 15.7. The lowest BCUT2D eigenvalue weighted by Gasteiger charge is -2.20. The van der Waals surface area contributed by atoms with Gasteiger partial charge in [0.1, 0.15) is 11.5 Å². The van der Waals surface area contributed by atoms with Crippen molar-refractivity contribution >= 4 is 34.9 Å². The lowest BCUT2D eigenvalue weighted by Crippen LogP contribution is -2.27. The molecule has 1 heterocycles. The van der Waals surface area contributed by atoms with Crippen molar-refractivity contribution in [3.8, 4) is 11.5 Å². The number of hydrogen-bond acceptors (Lipinski definition) is 6. The molecule has 0 N–H and O–H groups in total. The zero-order chi connectivity index (χ0) is 21.0. The number of carbonyl (C=O) groups excluding carboxylic acids is 3. The molecular formula is C21H20ClNO6. The van der Waals surface area contributed by atoms with Crippen molar-refractivity contribution in [2.45, 2.75) is 6.42 Å². The third-order valence-corrected chi connectivity index (χ3v) is 4.90. The normalized spacial score (nSPS) is 15.9. The molecule has 1 amide bonds. The predicted molar refractivity (Wildman–Crippen MR) is 107 cm³/mol. The lowest BCUT2D eigenvalue weighted by molar-refractivity contribution is -0.147. The first-order chi connectivity index (χ1) is 13.9. The quantitative estimate of drug-likeness (QED) is 0.508. The first-order valence-corrected chi connectivity index (χ1v) is 9.28. The van der Waals surface area contributed by atoms with Crippen LogP contribution in [-0.2, 0) is 14.3 Å². The molecule has 1 atom stereocenters. The number of benzene rings is 2. The molecule has 0 unspecified atom stereocenters. The third kappa shape index (κ3) is 4.68. The number of halogens is 1. The number of esters is 1. The number of hydrogen-bond donors (Lipinski definition) is 0. The van der Waals surface area contributed by atoms with Crippen LogP contribution in [-0.4, -0.2) is 45.0 Å². The van der Waals surface area contributed by atoms with Crippen LogP contribution in [0.5, 0.6) is 11.5 Å². The Labute approximate surface area is 173 Å². The molecule has 0 radical (unpaired) electrons. The van der Waals surface area contributed by atoms with E-state index in [2.05, 4.69) is 0 Å². The molecule has 7 nitrogen and oxygen atoms in total. The Morgan fingerprint density at radius 3 is 2.48 bits per heavy atom. The van der Waals surface area contributed by atoms with Gasteiger partial charge in [-0.25, -0.2) is 0 Å². The SMILES string of the molecule is COc1ccc(OC)c(N2C[C@H](C(=O)OCC(=O)c3ccc(Cl)cc3)CC2=O)c1. The fourth-order valence-electron chi connectivity index (χ4n) is 3.08.